The monoisotopic (exact) mass is 293 g/mol. The molecule has 0 bridgehead atoms. The SMILES string of the molecule is Cc1ccc2nc(Cl)c(-c3nc4ccccc4[nH]3)cc2c1. The van der Waals surface area contributed by atoms with Crippen LogP contribution in [0.3, 0.4) is 0 Å². The fourth-order valence-corrected chi connectivity index (χ4v) is 2.75. The molecule has 4 heteroatoms. The highest BCUT2D eigenvalue weighted by Gasteiger charge is 2.11. The first-order valence-electron chi connectivity index (χ1n) is 6.73. The number of imidazole rings is 1. The van der Waals surface area contributed by atoms with Gasteiger partial charge < -0.3 is 4.98 Å². The molecule has 0 saturated carbocycles. The summed E-state index contributed by atoms with van der Waals surface area (Å²) in [5, 5.41) is 1.53. The molecule has 0 amide bonds. The lowest BCUT2D eigenvalue weighted by Crippen LogP contribution is -1.88. The van der Waals surface area contributed by atoms with Crippen LogP contribution in [0.1, 0.15) is 5.56 Å². The van der Waals surface area contributed by atoms with Crippen LogP contribution in [0.25, 0.3) is 33.3 Å². The number of nitrogens with zero attached hydrogens (tertiary/aromatic N) is 2. The van der Waals surface area contributed by atoms with Crippen LogP contribution in [-0.4, -0.2) is 15.0 Å². The molecule has 4 rings (SSSR count). The maximum atomic E-state index is 6.33. The van der Waals surface area contributed by atoms with Gasteiger partial charge in [0.1, 0.15) is 11.0 Å². The van der Waals surface area contributed by atoms with Crippen molar-refractivity contribution >= 4 is 33.5 Å². The highest BCUT2D eigenvalue weighted by atomic mass is 35.5. The Bertz CT molecular complexity index is 939. The van der Waals surface area contributed by atoms with E-state index in [1.165, 1.54) is 5.56 Å². The predicted molar refractivity (Wildman–Crippen MR) is 86.6 cm³/mol. The van der Waals surface area contributed by atoms with Gasteiger partial charge in [-0.3, -0.25) is 0 Å². The van der Waals surface area contributed by atoms with Gasteiger partial charge in [-0.25, -0.2) is 9.97 Å². The number of hydrogen-bond acceptors (Lipinski definition) is 2. The van der Waals surface area contributed by atoms with Crippen molar-refractivity contribution in [2.75, 3.05) is 0 Å². The summed E-state index contributed by atoms with van der Waals surface area (Å²) >= 11 is 6.33. The van der Waals surface area contributed by atoms with Crippen LogP contribution in [0, 0.1) is 6.92 Å². The summed E-state index contributed by atoms with van der Waals surface area (Å²) in [7, 11) is 0. The number of para-hydroxylation sites is 2. The van der Waals surface area contributed by atoms with Crippen LogP contribution in [0.4, 0.5) is 0 Å². The molecule has 2 aromatic carbocycles. The molecule has 21 heavy (non-hydrogen) atoms. The number of nitrogens with one attached hydrogen (secondary N) is 1. The molecular formula is C17H12ClN3. The zero-order valence-electron chi connectivity index (χ0n) is 11.4. The minimum Gasteiger partial charge on any atom is -0.338 e. The zero-order valence-corrected chi connectivity index (χ0v) is 12.1. The first-order valence-corrected chi connectivity index (χ1v) is 7.10. The highest BCUT2D eigenvalue weighted by molar-refractivity contribution is 6.32. The van der Waals surface area contributed by atoms with E-state index in [2.05, 4.69) is 27.9 Å². The van der Waals surface area contributed by atoms with Crippen molar-refractivity contribution in [3.8, 4) is 11.4 Å². The van der Waals surface area contributed by atoms with E-state index in [0.29, 0.717) is 5.15 Å². The second kappa shape index (κ2) is 4.57. The molecule has 0 fully saturated rings. The van der Waals surface area contributed by atoms with Gasteiger partial charge in [0.15, 0.2) is 0 Å². The van der Waals surface area contributed by atoms with Crippen LogP contribution in [-0.2, 0) is 0 Å². The lowest BCUT2D eigenvalue weighted by atomic mass is 10.1. The quantitative estimate of drug-likeness (QED) is 0.515. The van der Waals surface area contributed by atoms with Gasteiger partial charge in [0.05, 0.1) is 22.1 Å². The minimum absolute atomic E-state index is 0.463. The third-order valence-electron chi connectivity index (χ3n) is 3.57. The topological polar surface area (TPSA) is 41.6 Å². The molecular weight excluding hydrogens is 282 g/mol. The first kappa shape index (κ1) is 12.4. The van der Waals surface area contributed by atoms with E-state index in [-0.39, 0.29) is 0 Å². The van der Waals surface area contributed by atoms with E-state index in [1.54, 1.807) is 0 Å². The smallest absolute Gasteiger partial charge is 0.141 e. The Morgan fingerprint density at radius 1 is 0.952 bits per heavy atom. The molecule has 1 N–H and O–H groups in total. The minimum atomic E-state index is 0.463. The molecule has 0 spiro atoms. The lowest BCUT2D eigenvalue weighted by Gasteiger charge is -2.04. The molecule has 0 saturated heterocycles. The summed E-state index contributed by atoms with van der Waals surface area (Å²) in [5.74, 6) is 0.747. The highest BCUT2D eigenvalue weighted by Crippen LogP contribution is 2.29. The molecule has 102 valence electrons. The Balaban J connectivity index is 1.98. The Morgan fingerprint density at radius 3 is 2.67 bits per heavy atom. The van der Waals surface area contributed by atoms with Gasteiger partial charge in [-0.05, 0) is 37.3 Å². The molecule has 0 aliphatic carbocycles. The van der Waals surface area contributed by atoms with Crippen LogP contribution in [0.5, 0.6) is 0 Å². The predicted octanol–water partition coefficient (Wildman–Crippen LogP) is 4.74. The van der Waals surface area contributed by atoms with E-state index in [9.17, 15) is 0 Å². The third-order valence-corrected chi connectivity index (χ3v) is 3.86. The Morgan fingerprint density at radius 2 is 1.81 bits per heavy atom. The fourth-order valence-electron chi connectivity index (χ4n) is 2.52. The third kappa shape index (κ3) is 2.06. The van der Waals surface area contributed by atoms with Gasteiger partial charge in [0.2, 0.25) is 0 Å². The average molecular weight is 294 g/mol. The van der Waals surface area contributed by atoms with Gasteiger partial charge in [-0.15, -0.1) is 0 Å². The zero-order chi connectivity index (χ0) is 14.4. The van der Waals surface area contributed by atoms with E-state index in [0.717, 1.165) is 33.3 Å². The standard InChI is InChI=1S/C17H12ClN3/c1-10-6-7-13-11(8-10)9-12(16(18)19-13)17-20-14-4-2-3-5-15(14)21-17/h2-9H,1H3,(H,20,21). The molecule has 0 aliphatic heterocycles. The summed E-state index contributed by atoms with van der Waals surface area (Å²) in [5.41, 5.74) is 4.83. The van der Waals surface area contributed by atoms with Gasteiger partial charge in [-0.1, -0.05) is 35.4 Å². The van der Waals surface area contributed by atoms with Crippen molar-refractivity contribution in [1.29, 1.82) is 0 Å². The van der Waals surface area contributed by atoms with Crippen molar-refractivity contribution in [1.82, 2.24) is 15.0 Å². The fraction of sp³-hybridized carbons (Fsp3) is 0.0588. The molecule has 2 aromatic heterocycles. The number of benzene rings is 2. The van der Waals surface area contributed by atoms with Crippen LogP contribution >= 0.6 is 11.6 Å². The van der Waals surface area contributed by atoms with E-state index >= 15 is 0 Å². The summed E-state index contributed by atoms with van der Waals surface area (Å²) in [4.78, 5) is 12.4. The molecule has 3 nitrogen and oxygen atoms in total. The number of aromatic nitrogens is 3. The van der Waals surface area contributed by atoms with Crippen molar-refractivity contribution in [2.45, 2.75) is 6.92 Å². The van der Waals surface area contributed by atoms with Crippen molar-refractivity contribution in [3.63, 3.8) is 0 Å². The number of pyridine rings is 1. The van der Waals surface area contributed by atoms with Gasteiger partial charge in [0, 0.05) is 5.39 Å². The van der Waals surface area contributed by atoms with Gasteiger partial charge >= 0.3 is 0 Å². The number of hydrogen-bond donors (Lipinski definition) is 1. The van der Waals surface area contributed by atoms with Crippen LogP contribution < -0.4 is 0 Å². The Hall–Kier alpha value is -2.39. The van der Waals surface area contributed by atoms with E-state index in [1.807, 2.05) is 42.5 Å². The van der Waals surface area contributed by atoms with Crippen LogP contribution in [0.15, 0.2) is 48.5 Å². The average Bonchev–Trinajstić information content (AvgIpc) is 2.90. The summed E-state index contributed by atoms with van der Waals surface area (Å²) in [6.45, 7) is 2.06. The normalized spacial score (nSPS) is 11.3. The molecule has 0 aliphatic rings. The number of fused-ring (bicyclic) bond motifs is 2. The largest absolute Gasteiger partial charge is 0.338 e. The van der Waals surface area contributed by atoms with Gasteiger partial charge in [-0.2, -0.15) is 0 Å². The van der Waals surface area contributed by atoms with E-state index < -0.39 is 0 Å². The summed E-state index contributed by atoms with van der Waals surface area (Å²) in [6.07, 6.45) is 0. The molecule has 4 aromatic rings. The maximum Gasteiger partial charge on any atom is 0.141 e. The van der Waals surface area contributed by atoms with E-state index in [4.69, 9.17) is 11.6 Å². The lowest BCUT2D eigenvalue weighted by molar-refractivity contribution is 1.30. The molecule has 0 unspecified atom stereocenters. The first-order chi connectivity index (χ1) is 10.2. The number of halogens is 1. The number of rotatable bonds is 1. The van der Waals surface area contributed by atoms with Crippen molar-refractivity contribution < 1.29 is 0 Å². The number of aryl methyl sites for hydroxylation is 1. The number of H-pyrrole nitrogens is 1. The molecule has 2 heterocycles. The second-order valence-corrected chi connectivity index (χ2v) is 5.48. The number of aromatic amines is 1. The Labute approximate surface area is 126 Å². The summed E-state index contributed by atoms with van der Waals surface area (Å²) < 4.78 is 0. The summed E-state index contributed by atoms with van der Waals surface area (Å²) in [6, 6.07) is 16.1. The molecule has 0 radical (unpaired) electrons. The van der Waals surface area contributed by atoms with Crippen molar-refractivity contribution in [3.05, 3.63) is 59.2 Å². The van der Waals surface area contributed by atoms with Gasteiger partial charge in [0.25, 0.3) is 0 Å². The van der Waals surface area contributed by atoms with Crippen molar-refractivity contribution in [2.24, 2.45) is 0 Å². The molecule has 0 atom stereocenters. The second-order valence-electron chi connectivity index (χ2n) is 5.13. The maximum absolute atomic E-state index is 6.33. The Kier molecular flexibility index (Phi) is 2.69. The van der Waals surface area contributed by atoms with Crippen LogP contribution in [0.2, 0.25) is 5.15 Å².